The molecule has 7 heteroatoms. The monoisotopic (exact) mass is 264 g/mol. The quantitative estimate of drug-likeness (QED) is 0.690. The molecule has 2 fully saturated rings. The summed E-state index contributed by atoms with van der Waals surface area (Å²) in [5, 5.41) is 19.6. The Kier molecular flexibility index (Phi) is 3.67. The SMILES string of the molecule is CO[C@@H]1O[C@@](CO)(OC)[C@@H]2OC(C)(C)O[C@@H]2[C@H]1O. The van der Waals surface area contributed by atoms with Crippen molar-refractivity contribution in [1.82, 2.24) is 0 Å². The van der Waals surface area contributed by atoms with Crippen LogP contribution in [0, 0.1) is 0 Å². The van der Waals surface area contributed by atoms with Crippen molar-refractivity contribution in [3.63, 3.8) is 0 Å². The summed E-state index contributed by atoms with van der Waals surface area (Å²) in [6.07, 6.45) is -3.39. The van der Waals surface area contributed by atoms with Gasteiger partial charge in [-0.1, -0.05) is 0 Å². The first kappa shape index (κ1) is 14.1. The van der Waals surface area contributed by atoms with Crippen molar-refractivity contribution >= 4 is 0 Å². The van der Waals surface area contributed by atoms with Crippen LogP contribution in [0.4, 0.5) is 0 Å². The number of fused-ring (bicyclic) bond motifs is 1. The molecule has 0 unspecified atom stereocenters. The summed E-state index contributed by atoms with van der Waals surface area (Å²) in [5.74, 6) is -2.29. The van der Waals surface area contributed by atoms with Gasteiger partial charge in [0.2, 0.25) is 5.79 Å². The van der Waals surface area contributed by atoms with Crippen LogP contribution in [-0.2, 0) is 23.7 Å². The van der Waals surface area contributed by atoms with Crippen LogP contribution in [0.15, 0.2) is 0 Å². The van der Waals surface area contributed by atoms with E-state index in [0.717, 1.165) is 0 Å². The average molecular weight is 264 g/mol. The average Bonchev–Trinajstić information content (AvgIpc) is 2.67. The first-order chi connectivity index (χ1) is 8.39. The van der Waals surface area contributed by atoms with Gasteiger partial charge >= 0.3 is 0 Å². The van der Waals surface area contributed by atoms with E-state index in [1.807, 2.05) is 0 Å². The van der Waals surface area contributed by atoms with Crippen molar-refractivity contribution in [2.24, 2.45) is 0 Å². The zero-order chi connectivity index (χ0) is 13.6. The molecule has 0 saturated carbocycles. The van der Waals surface area contributed by atoms with Crippen molar-refractivity contribution in [2.75, 3.05) is 20.8 Å². The summed E-state index contributed by atoms with van der Waals surface area (Å²) >= 11 is 0. The molecule has 2 saturated heterocycles. The molecular weight excluding hydrogens is 244 g/mol. The normalized spacial score (nSPS) is 47.0. The topological polar surface area (TPSA) is 86.6 Å². The van der Waals surface area contributed by atoms with E-state index in [0.29, 0.717) is 0 Å². The highest BCUT2D eigenvalue weighted by Gasteiger charge is 2.62. The molecule has 18 heavy (non-hydrogen) atoms. The number of rotatable bonds is 3. The maximum atomic E-state index is 10.1. The second-order valence-electron chi connectivity index (χ2n) is 4.91. The second-order valence-corrected chi connectivity index (χ2v) is 4.91. The first-order valence-electron chi connectivity index (χ1n) is 5.79. The lowest BCUT2D eigenvalue weighted by molar-refractivity contribution is -0.386. The third-order valence-electron chi connectivity index (χ3n) is 3.29. The minimum absolute atomic E-state index is 0.434. The van der Waals surface area contributed by atoms with Crippen molar-refractivity contribution in [2.45, 2.75) is 50.0 Å². The van der Waals surface area contributed by atoms with Crippen molar-refractivity contribution in [3.8, 4) is 0 Å². The van der Waals surface area contributed by atoms with Crippen LogP contribution in [-0.4, -0.2) is 67.2 Å². The van der Waals surface area contributed by atoms with Gasteiger partial charge in [-0.2, -0.15) is 0 Å². The van der Waals surface area contributed by atoms with Gasteiger partial charge in [0.05, 0.1) is 0 Å². The van der Waals surface area contributed by atoms with E-state index in [-0.39, 0.29) is 0 Å². The summed E-state index contributed by atoms with van der Waals surface area (Å²) in [5.41, 5.74) is 0. The summed E-state index contributed by atoms with van der Waals surface area (Å²) in [4.78, 5) is 0. The predicted octanol–water partition coefficient (Wildman–Crippen LogP) is -0.795. The second kappa shape index (κ2) is 4.68. The van der Waals surface area contributed by atoms with Gasteiger partial charge in [-0.25, -0.2) is 0 Å². The first-order valence-corrected chi connectivity index (χ1v) is 5.79. The molecule has 2 aliphatic rings. The molecule has 0 aromatic heterocycles. The van der Waals surface area contributed by atoms with Crippen LogP contribution in [0.2, 0.25) is 0 Å². The Hall–Kier alpha value is -0.280. The van der Waals surface area contributed by atoms with E-state index in [2.05, 4.69) is 0 Å². The van der Waals surface area contributed by atoms with Gasteiger partial charge in [0.15, 0.2) is 12.1 Å². The lowest BCUT2D eigenvalue weighted by atomic mass is 9.96. The molecule has 5 atom stereocenters. The minimum atomic E-state index is -1.40. The van der Waals surface area contributed by atoms with Crippen molar-refractivity contribution in [3.05, 3.63) is 0 Å². The molecule has 0 aromatic rings. The maximum absolute atomic E-state index is 10.1. The summed E-state index contributed by atoms with van der Waals surface area (Å²) in [6.45, 7) is 3.01. The number of ether oxygens (including phenoxy) is 5. The molecule has 0 radical (unpaired) electrons. The van der Waals surface area contributed by atoms with Crippen LogP contribution in [0.5, 0.6) is 0 Å². The fraction of sp³-hybridized carbons (Fsp3) is 1.00. The molecule has 2 rings (SSSR count). The largest absolute Gasteiger partial charge is 0.391 e. The Balaban J connectivity index is 2.33. The molecule has 0 spiro atoms. The summed E-state index contributed by atoms with van der Waals surface area (Å²) in [6, 6.07) is 0. The van der Waals surface area contributed by atoms with Gasteiger partial charge in [-0.05, 0) is 13.8 Å². The van der Waals surface area contributed by atoms with Crippen LogP contribution in [0.3, 0.4) is 0 Å². The fourth-order valence-corrected chi connectivity index (χ4v) is 2.41. The number of aliphatic hydroxyl groups excluding tert-OH is 2. The molecule has 0 bridgehead atoms. The smallest absolute Gasteiger partial charge is 0.223 e. The number of hydrogen-bond acceptors (Lipinski definition) is 7. The number of hydrogen-bond donors (Lipinski definition) is 2. The van der Waals surface area contributed by atoms with Crippen LogP contribution in [0.25, 0.3) is 0 Å². The van der Waals surface area contributed by atoms with E-state index >= 15 is 0 Å². The lowest BCUT2D eigenvalue weighted by Gasteiger charge is -2.45. The zero-order valence-electron chi connectivity index (χ0n) is 11.0. The Bertz CT molecular complexity index is 302. The van der Waals surface area contributed by atoms with Crippen LogP contribution < -0.4 is 0 Å². The number of methoxy groups -OCH3 is 2. The van der Waals surface area contributed by atoms with Gasteiger partial charge in [0, 0.05) is 14.2 Å². The maximum Gasteiger partial charge on any atom is 0.223 e. The number of aliphatic hydroxyl groups is 2. The van der Waals surface area contributed by atoms with Gasteiger partial charge in [-0.3, -0.25) is 0 Å². The molecule has 0 amide bonds. The highest BCUT2D eigenvalue weighted by molar-refractivity contribution is 5.00. The van der Waals surface area contributed by atoms with Crippen LogP contribution in [0.1, 0.15) is 13.8 Å². The molecule has 106 valence electrons. The van der Waals surface area contributed by atoms with E-state index in [1.165, 1.54) is 14.2 Å². The van der Waals surface area contributed by atoms with E-state index in [9.17, 15) is 10.2 Å². The summed E-state index contributed by atoms with van der Waals surface area (Å²) < 4.78 is 27.1. The molecule has 2 aliphatic heterocycles. The predicted molar refractivity (Wildman–Crippen MR) is 58.5 cm³/mol. The molecule has 2 N–H and O–H groups in total. The summed E-state index contributed by atoms with van der Waals surface area (Å²) in [7, 11) is 2.79. The third-order valence-corrected chi connectivity index (χ3v) is 3.29. The molecule has 0 aromatic carbocycles. The van der Waals surface area contributed by atoms with Gasteiger partial charge in [0.1, 0.15) is 24.9 Å². The minimum Gasteiger partial charge on any atom is -0.391 e. The van der Waals surface area contributed by atoms with E-state index < -0.39 is 42.8 Å². The molecular formula is C11H20O7. The Morgan fingerprint density at radius 1 is 1.17 bits per heavy atom. The third kappa shape index (κ3) is 2.05. The zero-order valence-corrected chi connectivity index (χ0v) is 11.0. The van der Waals surface area contributed by atoms with Gasteiger partial charge in [-0.15, -0.1) is 0 Å². The van der Waals surface area contributed by atoms with Crippen molar-refractivity contribution in [1.29, 1.82) is 0 Å². The van der Waals surface area contributed by atoms with E-state index in [1.54, 1.807) is 13.8 Å². The molecule has 2 heterocycles. The Morgan fingerprint density at radius 3 is 2.33 bits per heavy atom. The standard InChI is InChI=1S/C11H20O7/c1-10(2)16-7-6(13)9(14-3)18-11(5-12,15-4)8(7)17-10/h6-9,12-13H,5H2,1-4H3/t6-,7-,8-,9-,11-/m1/s1. The lowest BCUT2D eigenvalue weighted by Crippen LogP contribution is -2.65. The highest BCUT2D eigenvalue weighted by atomic mass is 16.8. The highest BCUT2D eigenvalue weighted by Crippen LogP contribution is 2.42. The van der Waals surface area contributed by atoms with Crippen LogP contribution >= 0.6 is 0 Å². The Labute approximate surface area is 106 Å². The van der Waals surface area contributed by atoms with E-state index in [4.69, 9.17) is 23.7 Å². The molecule has 7 nitrogen and oxygen atoms in total. The fourth-order valence-electron chi connectivity index (χ4n) is 2.41. The Morgan fingerprint density at radius 2 is 1.83 bits per heavy atom. The van der Waals surface area contributed by atoms with Crippen molar-refractivity contribution < 1.29 is 33.9 Å². The molecule has 0 aliphatic carbocycles. The van der Waals surface area contributed by atoms with Gasteiger partial charge in [0.25, 0.3) is 0 Å². The van der Waals surface area contributed by atoms with Gasteiger partial charge < -0.3 is 33.9 Å².